The molecule has 3 rings (SSSR count). The summed E-state index contributed by atoms with van der Waals surface area (Å²) in [4.78, 5) is 10.6. The molecule has 0 aliphatic heterocycles. The van der Waals surface area contributed by atoms with Crippen LogP contribution in [0.3, 0.4) is 0 Å². The van der Waals surface area contributed by atoms with Gasteiger partial charge in [-0.1, -0.05) is 29.3 Å². The van der Waals surface area contributed by atoms with Crippen LogP contribution in [0.15, 0.2) is 64.6 Å². The second kappa shape index (κ2) is 9.37. The van der Waals surface area contributed by atoms with Crippen LogP contribution >= 0.6 is 11.6 Å². The topological polar surface area (TPSA) is 114 Å². The predicted molar refractivity (Wildman–Crippen MR) is 127 cm³/mol. The Hall–Kier alpha value is -3.43. The molecular formula is C22H21ClN4O4S. The molecule has 3 aromatic rings. The van der Waals surface area contributed by atoms with Gasteiger partial charge in [0.25, 0.3) is 15.7 Å². The van der Waals surface area contributed by atoms with Gasteiger partial charge in [0.15, 0.2) is 0 Å². The van der Waals surface area contributed by atoms with Crippen molar-refractivity contribution in [3.8, 4) is 0 Å². The van der Waals surface area contributed by atoms with E-state index in [9.17, 15) is 18.5 Å². The summed E-state index contributed by atoms with van der Waals surface area (Å²) < 4.78 is 27.7. The van der Waals surface area contributed by atoms with Crippen LogP contribution in [0.5, 0.6) is 0 Å². The van der Waals surface area contributed by atoms with Crippen LogP contribution in [-0.2, 0) is 10.0 Å². The van der Waals surface area contributed by atoms with Crippen molar-refractivity contribution in [3.63, 3.8) is 0 Å². The van der Waals surface area contributed by atoms with E-state index in [0.29, 0.717) is 5.02 Å². The summed E-state index contributed by atoms with van der Waals surface area (Å²) in [6.07, 6.45) is 1.58. The lowest BCUT2D eigenvalue weighted by Gasteiger charge is -2.10. The average molecular weight is 473 g/mol. The maximum atomic E-state index is 12.7. The molecule has 0 bridgehead atoms. The van der Waals surface area contributed by atoms with Crippen LogP contribution in [-0.4, -0.2) is 19.6 Å². The first-order valence-electron chi connectivity index (χ1n) is 9.50. The Morgan fingerprint density at radius 1 is 1.00 bits per heavy atom. The number of nitro benzene ring substituents is 1. The van der Waals surface area contributed by atoms with E-state index < -0.39 is 20.6 Å². The highest BCUT2D eigenvalue weighted by molar-refractivity contribution is 7.92. The SMILES string of the molecule is Cc1cc(C)c(C=NNc2ccc(S(=O)(=O)Nc3ccc(Cl)cc3)cc2[N+](=O)[O-])c(C)c1. The molecule has 0 amide bonds. The van der Waals surface area contributed by atoms with Gasteiger partial charge >= 0.3 is 0 Å². The summed E-state index contributed by atoms with van der Waals surface area (Å²) in [5.41, 5.74) is 6.66. The molecule has 0 aliphatic carbocycles. The molecule has 2 N–H and O–H groups in total. The number of anilines is 2. The molecule has 166 valence electrons. The van der Waals surface area contributed by atoms with Crippen LogP contribution in [0.1, 0.15) is 22.3 Å². The second-order valence-corrected chi connectivity index (χ2v) is 9.35. The molecule has 0 saturated heterocycles. The third kappa shape index (κ3) is 5.43. The van der Waals surface area contributed by atoms with E-state index in [1.165, 1.54) is 36.4 Å². The van der Waals surface area contributed by atoms with Gasteiger partial charge in [0, 0.05) is 22.3 Å². The summed E-state index contributed by atoms with van der Waals surface area (Å²) in [7, 11) is -4.04. The van der Waals surface area contributed by atoms with Gasteiger partial charge in [-0.2, -0.15) is 5.10 Å². The summed E-state index contributed by atoms with van der Waals surface area (Å²) in [5, 5.41) is 16.1. The van der Waals surface area contributed by atoms with E-state index in [2.05, 4.69) is 15.2 Å². The van der Waals surface area contributed by atoms with Gasteiger partial charge in [-0.15, -0.1) is 0 Å². The molecule has 10 heteroatoms. The molecule has 0 radical (unpaired) electrons. The number of rotatable bonds is 7. The molecule has 0 unspecified atom stereocenters. The normalized spacial score (nSPS) is 11.5. The van der Waals surface area contributed by atoms with Gasteiger partial charge in [-0.05, 0) is 68.3 Å². The van der Waals surface area contributed by atoms with Gasteiger partial charge < -0.3 is 0 Å². The van der Waals surface area contributed by atoms with Crippen LogP contribution in [0.25, 0.3) is 0 Å². The van der Waals surface area contributed by atoms with Crippen molar-refractivity contribution >= 4 is 44.9 Å². The van der Waals surface area contributed by atoms with Crippen molar-refractivity contribution in [1.82, 2.24) is 0 Å². The minimum absolute atomic E-state index is 0.0686. The zero-order valence-electron chi connectivity index (χ0n) is 17.6. The quantitative estimate of drug-likeness (QED) is 0.270. The number of hydrazone groups is 1. The van der Waals surface area contributed by atoms with E-state index in [1.54, 1.807) is 6.21 Å². The Balaban J connectivity index is 1.86. The van der Waals surface area contributed by atoms with Crippen LogP contribution in [0, 0.1) is 30.9 Å². The Morgan fingerprint density at radius 2 is 1.62 bits per heavy atom. The van der Waals surface area contributed by atoms with E-state index in [4.69, 9.17) is 11.6 Å². The van der Waals surface area contributed by atoms with Crippen molar-refractivity contribution in [2.45, 2.75) is 25.7 Å². The first kappa shape index (κ1) is 23.2. The molecule has 0 aliphatic rings. The van der Waals surface area contributed by atoms with E-state index in [-0.39, 0.29) is 16.3 Å². The third-order valence-corrected chi connectivity index (χ3v) is 6.32. The highest BCUT2D eigenvalue weighted by atomic mass is 35.5. The Morgan fingerprint density at radius 3 is 2.22 bits per heavy atom. The van der Waals surface area contributed by atoms with Crippen LogP contribution in [0.4, 0.5) is 17.1 Å². The molecule has 32 heavy (non-hydrogen) atoms. The van der Waals surface area contributed by atoms with E-state index >= 15 is 0 Å². The fourth-order valence-electron chi connectivity index (χ4n) is 3.22. The minimum atomic E-state index is -4.04. The van der Waals surface area contributed by atoms with Crippen molar-refractivity contribution in [2.75, 3.05) is 10.1 Å². The van der Waals surface area contributed by atoms with E-state index in [0.717, 1.165) is 28.3 Å². The number of hydrogen-bond donors (Lipinski definition) is 2. The second-order valence-electron chi connectivity index (χ2n) is 7.23. The molecule has 0 fully saturated rings. The molecular weight excluding hydrogens is 452 g/mol. The fourth-order valence-corrected chi connectivity index (χ4v) is 4.42. The molecule has 0 heterocycles. The lowest BCUT2D eigenvalue weighted by atomic mass is 10.0. The van der Waals surface area contributed by atoms with Gasteiger partial charge in [-0.25, -0.2) is 8.42 Å². The van der Waals surface area contributed by atoms with E-state index in [1.807, 2.05) is 32.9 Å². The lowest BCUT2D eigenvalue weighted by Crippen LogP contribution is -2.13. The molecule has 0 spiro atoms. The zero-order chi connectivity index (χ0) is 23.5. The Labute approximate surface area is 191 Å². The lowest BCUT2D eigenvalue weighted by molar-refractivity contribution is -0.384. The number of halogens is 1. The maximum absolute atomic E-state index is 12.7. The molecule has 8 nitrogen and oxygen atoms in total. The highest BCUT2D eigenvalue weighted by Gasteiger charge is 2.21. The average Bonchev–Trinajstić information content (AvgIpc) is 2.71. The standard InChI is InChI=1S/C22H21ClN4O4S/c1-14-10-15(2)20(16(3)11-14)13-24-25-21-9-8-19(12-22(21)27(28)29)32(30,31)26-18-6-4-17(23)5-7-18/h4-13,25-26H,1-3H3. The minimum Gasteiger partial charge on any atom is -0.280 e. The summed E-state index contributed by atoms with van der Waals surface area (Å²) in [6, 6.07) is 13.6. The zero-order valence-corrected chi connectivity index (χ0v) is 19.2. The fraction of sp³-hybridized carbons (Fsp3) is 0.136. The van der Waals surface area contributed by atoms with Gasteiger partial charge in [0.1, 0.15) is 5.69 Å². The number of nitrogens with zero attached hydrogens (tertiary/aromatic N) is 2. The van der Waals surface area contributed by atoms with Crippen molar-refractivity contribution in [1.29, 1.82) is 0 Å². The number of hydrogen-bond acceptors (Lipinski definition) is 6. The summed E-state index contributed by atoms with van der Waals surface area (Å²) >= 11 is 5.81. The van der Waals surface area contributed by atoms with Crippen molar-refractivity contribution in [3.05, 3.63) is 92.0 Å². The van der Waals surface area contributed by atoms with Crippen LogP contribution in [0.2, 0.25) is 5.02 Å². The van der Waals surface area contributed by atoms with Crippen molar-refractivity contribution < 1.29 is 13.3 Å². The molecule has 3 aromatic carbocycles. The predicted octanol–water partition coefficient (Wildman–Crippen LogP) is 5.42. The van der Waals surface area contributed by atoms with Gasteiger partial charge in [-0.3, -0.25) is 20.3 Å². The van der Waals surface area contributed by atoms with Gasteiger partial charge in [0.2, 0.25) is 0 Å². The number of nitrogens with one attached hydrogen (secondary N) is 2. The Bertz CT molecular complexity index is 1280. The number of aryl methyl sites for hydroxylation is 3. The molecule has 0 aromatic heterocycles. The van der Waals surface area contributed by atoms with Crippen molar-refractivity contribution in [2.24, 2.45) is 5.10 Å². The number of sulfonamides is 1. The van der Waals surface area contributed by atoms with Crippen LogP contribution < -0.4 is 10.1 Å². The molecule has 0 atom stereocenters. The smallest absolute Gasteiger partial charge is 0.280 e. The number of nitro groups is 1. The molecule has 0 saturated carbocycles. The summed E-state index contributed by atoms with van der Waals surface area (Å²) in [6.45, 7) is 5.91. The largest absolute Gasteiger partial charge is 0.295 e. The Kier molecular flexibility index (Phi) is 6.81. The van der Waals surface area contributed by atoms with Gasteiger partial charge in [0.05, 0.1) is 16.0 Å². The monoisotopic (exact) mass is 472 g/mol. The number of benzene rings is 3. The first-order chi connectivity index (χ1) is 15.1. The summed E-state index contributed by atoms with van der Waals surface area (Å²) in [5.74, 6) is 0. The third-order valence-electron chi connectivity index (χ3n) is 4.69. The highest BCUT2D eigenvalue weighted by Crippen LogP contribution is 2.29. The maximum Gasteiger partial charge on any atom is 0.295 e. The first-order valence-corrected chi connectivity index (χ1v) is 11.4.